The van der Waals surface area contributed by atoms with E-state index in [4.69, 9.17) is 4.74 Å². The van der Waals surface area contributed by atoms with Crippen LogP contribution in [0.5, 0.6) is 5.75 Å². The molecule has 2 N–H and O–H groups in total. The van der Waals surface area contributed by atoms with E-state index in [1.165, 1.54) is 11.3 Å². The van der Waals surface area contributed by atoms with E-state index in [0.29, 0.717) is 48.9 Å². The first kappa shape index (κ1) is 19.0. The molecule has 0 saturated carbocycles. The standard InChI is InChI=1S/C19H24N2O3S/c1-14(2)12-24-17-7-4-3-6-16(17)21-18(22)8-5-10-20-19(23)15-9-11-25-13-15/h3-4,6-7,9,11,13-14H,5,8,10,12H2,1-2H3,(H,20,23)(H,21,22). The first-order chi connectivity index (χ1) is 12.1. The molecule has 0 fully saturated rings. The van der Waals surface area contributed by atoms with Gasteiger partial charge in [-0.25, -0.2) is 0 Å². The molecule has 0 spiro atoms. The molecule has 1 aromatic heterocycles. The number of rotatable bonds is 9. The molecule has 134 valence electrons. The summed E-state index contributed by atoms with van der Waals surface area (Å²) in [6.07, 6.45) is 0.916. The van der Waals surface area contributed by atoms with E-state index in [1.807, 2.05) is 29.6 Å². The Morgan fingerprint density at radius 1 is 1.20 bits per heavy atom. The van der Waals surface area contributed by atoms with Crippen molar-refractivity contribution in [3.05, 3.63) is 46.7 Å². The number of para-hydroxylation sites is 2. The molecular formula is C19H24N2O3S. The molecule has 1 heterocycles. The largest absolute Gasteiger partial charge is 0.491 e. The molecule has 5 nitrogen and oxygen atoms in total. The highest BCUT2D eigenvalue weighted by atomic mass is 32.1. The van der Waals surface area contributed by atoms with Gasteiger partial charge in [-0.2, -0.15) is 11.3 Å². The second kappa shape index (κ2) is 9.84. The Morgan fingerprint density at radius 2 is 2.00 bits per heavy atom. The van der Waals surface area contributed by atoms with Gasteiger partial charge in [0.15, 0.2) is 0 Å². The zero-order valence-corrected chi connectivity index (χ0v) is 15.4. The van der Waals surface area contributed by atoms with Gasteiger partial charge >= 0.3 is 0 Å². The van der Waals surface area contributed by atoms with Crippen LogP contribution in [0.2, 0.25) is 0 Å². The van der Waals surface area contributed by atoms with Crippen LogP contribution in [-0.4, -0.2) is 25.0 Å². The maximum Gasteiger partial charge on any atom is 0.252 e. The first-order valence-corrected chi connectivity index (χ1v) is 9.32. The Kier molecular flexibility index (Phi) is 7.47. The number of anilines is 1. The molecule has 0 unspecified atom stereocenters. The van der Waals surface area contributed by atoms with Crippen LogP contribution in [-0.2, 0) is 4.79 Å². The van der Waals surface area contributed by atoms with E-state index in [0.717, 1.165) is 0 Å². The SMILES string of the molecule is CC(C)COc1ccccc1NC(=O)CCCNC(=O)c1ccsc1. The van der Waals surface area contributed by atoms with Gasteiger partial charge in [-0.1, -0.05) is 26.0 Å². The topological polar surface area (TPSA) is 67.4 Å². The van der Waals surface area contributed by atoms with E-state index in [-0.39, 0.29) is 11.8 Å². The van der Waals surface area contributed by atoms with E-state index < -0.39 is 0 Å². The van der Waals surface area contributed by atoms with Crippen molar-refractivity contribution < 1.29 is 14.3 Å². The van der Waals surface area contributed by atoms with Crippen molar-refractivity contribution >= 4 is 28.8 Å². The van der Waals surface area contributed by atoms with Crippen LogP contribution in [0.15, 0.2) is 41.1 Å². The maximum absolute atomic E-state index is 12.1. The Hall–Kier alpha value is -2.34. The Balaban J connectivity index is 1.74. The second-order valence-corrected chi connectivity index (χ2v) is 6.90. The number of hydrogen-bond donors (Lipinski definition) is 2. The summed E-state index contributed by atoms with van der Waals surface area (Å²) in [5.41, 5.74) is 1.33. The molecule has 2 rings (SSSR count). The fraction of sp³-hybridized carbons (Fsp3) is 0.368. The minimum absolute atomic E-state index is 0.0922. The van der Waals surface area contributed by atoms with Gasteiger partial charge in [-0.05, 0) is 35.9 Å². The van der Waals surface area contributed by atoms with E-state index in [1.54, 1.807) is 11.4 Å². The molecule has 0 aliphatic carbocycles. The molecule has 2 amide bonds. The Morgan fingerprint density at radius 3 is 2.72 bits per heavy atom. The number of benzene rings is 1. The minimum Gasteiger partial charge on any atom is -0.491 e. The third-order valence-electron chi connectivity index (χ3n) is 3.38. The molecule has 2 aromatic rings. The highest BCUT2D eigenvalue weighted by Gasteiger charge is 2.09. The van der Waals surface area contributed by atoms with Crippen molar-refractivity contribution in [2.75, 3.05) is 18.5 Å². The molecule has 0 aliphatic rings. The Bertz CT molecular complexity index is 684. The number of nitrogens with one attached hydrogen (secondary N) is 2. The number of carbonyl (C=O) groups excluding carboxylic acids is 2. The van der Waals surface area contributed by atoms with Gasteiger partial charge in [0, 0.05) is 23.9 Å². The summed E-state index contributed by atoms with van der Waals surface area (Å²) < 4.78 is 5.73. The lowest BCUT2D eigenvalue weighted by molar-refractivity contribution is -0.116. The third kappa shape index (κ3) is 6.58. The average Bonchev–Trinajstić information content (AvgIpc) is 3.12. The van der Waals surface area contributed by atoms with Crippen molar-refractivity contribution in [3.8, 4) is 5.75 Å². The molecule has 6 heteroatoms. The number of thiophene rings is 1. The van der Waals surface area contributed by atoms with E-state index >= 15 is 0 Å². The maximum atomic E-state index is 12.1. The lowest BCUT2D eigenvalue weighted by Crippen LogP contribution is -2.25. The summed E-state index contributed by atoms with van der Waals surface area (Å²) in [6, 6.07) is 9.19. The molecule has 1 aromatic carbocycles. The van der Waals surface area contributed by atoms with Crippen molar-refractivity contribution in [1.82, 2.24) is 5.32 Å². The van der Waals surface area contributed by atoms with Crippen molar-refractivity contribution in [3.63, 3.8) is 0 Å². The molecule has 0 radical (unpaired) electrons. The minimum atomic E-state index is -0.103. The van der Waals surface area contributed by atoms with Gasteiger partial charge in [0.25, 0.3) is 5.91 Å². The Labute approximate surface area is 152 Å². The lowest BCUT2D eigenvalue weighted by atomic mass is 10.2. The molecule has 0 atom stereocenters. The number of hydrogen-bond acceptors (Lipinski definition) is 4. The molecule has 0 bridgehead atoms. The van der Waals surface area contributed by atoms with Crippen LogP contribution in [0.1, 0.15) is 37.0 Å². The van der Waals surface area contributed by atoms with E-state index in [9.17, 15) is 9.59 Å². The normalized spacial score (nSPS) is 10.5. The highest BCUT2D eigenvalue weighted by Crippen LogP contribution is 2.24. The fourth-order valence-electron chi connectivity index (χ4n) is 2.11. The first-order valence-electron chi connectivity index (χ1n) is 8.38. The van der Waals surface area contributed by atoms with Crippen molar-refractivity contribution in [2.24, 2.45) is 5.92 Å². The summed E-state index contributed by atoms with van der Waals surface area (Å²) in [7, 11) is 0. The summed E-state index contributed by atoms with van der Waals surface area (Å²) in [5.74, 6) is 0.894. The monoisotopic (exact) mass is 360 g/mol. The molecule has 0 saturated heterocycles. The highest BCUT2D eigenvalue weighted by molar-refractivity contribution is 7.08. The number of ether oxygens (including phenoxy) is 1. The molecule has 0 aliphatic heterocycles. The van der Waals surface area contributed by atoms with Crippen LogP contribution in [0.25, 0.3) is 0 Å². The zero-order chi connectivity index (χ0) is 18.1. The van der Waals surface area contributed by atoms with Gasteiger partial charge < -0.3 is 15.4 Å². The summed E-state index contributed by atoms with van der Waals surface area (Å²) in [5, 5.41) is 9.35. The molecular weight excluding hydrogens is 336 g/mol. The van der Waals surface area contributed by atoms with Crippen molar-refractivity contribution in [1.29, 1.82) is 0 Å². The van der Waals surface area contributed by atoms with Crippen LogP contribution < -0.4 is 15.4 Å². The van der Waals surface area contributed by atoms with E-state index in [2.05, 4.69) is 24.5 Å². The van der Waals surface area contributed by atoms with Crippen LogP contribution in [0, 0.1) is 5.92 Å². The second-order valence-electron chi connectivity index (χ2n) is 6.12. The van der Waals surface area contributed by atoms with Crippen LogP contribution in [0.3, 0.4) is 0 Å². The van der Waals surface area contributed by atoms with Gasteiger partial charge in [0.05, 0.1) is 12.3 Å². The summed E-state index contributed by atoms with van der Waals surface area (Å²) in [4.78, 5) is 23.9. The van der Waals surface area contributed by atoms with Crippen LogP contribution >= 0.6 is 11.3 Å². The van der Waals surface area contributed by atoms with Crippen molar-refractivity contribution in [2.45, 2.75) is 26.7 Å². The third-order valence-corrected chi connectivity index (χ3v) is 4.07. The lowest BCUT2D eigenvalue weighted by Gasteiger charge is -2.13. The zero-order valence-electron chi connectivity index (χ0n) is 14.6. The van der Waals surface area contributed by atoms with Gasteiger partial charge in [0.2, 0.25) is 5.91 Å². The number of amides is 2. The van der Waals surface area contributed by atoms with Gasteiger partial charge in [0.1, 0.15) is 5.75 Å². The predicted octanol–water partition coefficient (Wildman–Crippen LogP) is 3.93. The van der Waals surface area contributed by atoms with Crippen LogP contribution in [0.4, 0.5) is 5.69 Å². The average molecular weight is 360 g/mol. The number of carbonyl (C=O) groups is 2. The summed E-state index contributed by atoms with van der Waals surface area (Å²) in [6.45, 7) is 5.21. The quantitative estimate of drug-likeness (QED) is 0.666. The predicted molar refractivity (Wildman–Crippen MR) is 101 cm³/mol. The van der Waals surface area contributed by atoms with Gasteiger partial charge in [-0.3, -0.25) is 9.59 Å². The smallest absolute Gasteiger partial charge is 0.252 e. The van der Waals surface area contributed by atoms with Gasteiger partial charge in [-0.15, -0.1) is 0 Å². The summed E-state index contributed by atoms with van der Waals surface area (Å²) >= 11 is 1.48. The molecule has 25 heavy (non-hydrogen) atoms. The fourth-order valence-corrected chi connectivity index (χ4v) is 2.75.